The van der Waals surface area contributed by atoms with Crippen LogP contribution in [0.4, 0.5) is 0 Å². The van der Waals surface area contributed by atoms with Gasteiger partial charge in [-0.3, -0.25) is 9.69 Å². The summed E-state index contributed by atoms with van der Waals surface area (Å²) >= 11 is 0. The summed E-state index contributed by atoms with van der Waals surface area (Å²) in [6.07, 6.45) is 1.76. The van der Waals surface area contributed by atoms with E-state index >= 15 is 0 Å². The SMILES string of the molecule is CC(C)CCC(C(=O)O)N1CCNCC1. The predicted molar refractivity (Wildman–Crippen MR) is 59.9 cm³/mol. The van der Waals surface area contributed by atoms with Crippen LogP contribution in [-0.4, -0.2) is 48.2 Å². The zero-order valence-electron chi connectivity index (χ0n) is 9.70. The zero-order chi connectivity index (χ0) is 11.3. The number of hydrogen-bond donors (Lipinski definition) is 2. The van der Waals surface area contributed by atoms with Gasteiger partial charge in [0, 0.05) is 26.2 Å². The van der Waals surface area contributed by atoms with Gasteiger partial charge in [-0.15, -0.1) is 0 Å². The smallest absolute Gasteiger partial charge is 0.320 e. The lowest BCUT2D eigenvalue weighted by atomic mass is 10.0. The number of carbonyl (C=O) groups is 1. The maximum atomic E-state index is 11.1. The molecule has 0 bridgehead atoms. The normalized spacial score (nSPS) is 20.5. The lowest BCUT2D eigenvalue weighted by Gasteiger charge is -2.32. The van der Waals surface area contributed by atoms with Crippen LogP contribution in [0, 0.1) is 5.92 Å². The largest absolute Gasteiger partial charge is 0.480 e. The zero-order valence-corrected chi connectivity index (χ0v) is 9.70. The molecule has 1 rings (SSSR count). The quantitative estimate of drug-likeness (QED) is 0.710. The summed E-state index contributed by atoms with van der Waals surface area (Å²) in [4.78, 5) is 13.2. The van der Waals surface area contributed by atoms with Crippen molar-refractivity contribution in [1.29, 1.82) is 0 Å². The molecule has 88 valence electrons. The first-order valence-electron chi connectivity index (χ1n) is 5.79. The Labute approximate surface area is 91.6 Å². The predicted octanol–water partition coefficient (Wildman–Crippen LogP) is 0.781. The Morgan fingerprint density at radius 1 is 1.33 bits per heavy atom. The van der Waals surface area contributed by atoms with Crippen molar-refractivity contribution in [2.75, 3.05) is 26.2 Å². The number of nitrogens with one attached hydrogen (secondary N) is 1. The van der Waals surface area contributed by atoms with Gasteiger partial charge in [-0.25, -0.2) is 0 Å². The Hall–Kier alpha value is -0.610. The second kappa shape index (κ2) is 6.08. The highest BCUT2D eigenvalue weighted by Gasteiger charge is 2.26. The van der Waals surface area contributed by atoms with Gasteiger partial charge < -0.3 is 10.4 Å². The first-order valence-corrected chi connectivity index (χ1v) is 5.79. The van der Waals surface area contributed by atoms with E-state index in [9.17, 15) is 9.90 Å². The fourth-order valence-electron chi connectivity index (χ4n) is 1.95. The number of piperazine rings is 1. The molecule has 0 aliphatic carbocycles. The molecule has 15 heavy (non-hydrogen) atoms. The molecule has 2 N–H and O–H groups in total. The molecule has 4 nitrogen and oxygen atoms in total. The van der Waals surface area contributed by atoms with Crippen LogP contribution in [0.3, 0.4) is 0 Å². The van der Waals surface area contributed by atoms with Crippen molar-refractivity contribution in [3.8, 4) is 0 Å². The number of aliphatic carboxylic acids is 1. The highest BCUT2D eigenvalue weighted by Crippen LogP contribution is 2.13. The monoisotopic (exact) mass is 214 g/mol. The fraction of sp³-hybridized carbons (Fsp3) is 0.909. The molecule has 1 heterocycles. The van der Waals surface area contributed by atoms with Crippen LogP contribution in [0.25, 0.3) is 0 Å². The minimum atomic E-state index is -0.669. The van der Waals surface area contributed by atoms with Crippen LogP contribution < -0.4 is 5.32 Å². The van der Waals surface area contributed by atoms with E-state index in [0.717, 1.165) is 39.0 Å². The Kier molecular flexibility index (Phi) is 5.05. The maximum absolute atomic E-state index is 11.1. The molecule has 1 saturated heterocycles. The molecule has 0 radical (unpaired) electrons. The summed E-state index contributed by atoms with van der Waals surface area (Å²) in [5.41, 5.74) is 0. The third-order valence-corrected chi connectivity index (χ3v) is 2.89. The van der Waals surface area contributed by atoms with E-state index in [4.69, 9.17) is 0 Å². The van der Waals surface area contributed by atoms with E-state index in [1.54, 1.807) is 0 Å². The fourth-order valence-corrected chi connectivity index (χ4v) is 1.95. The van der Waals surface area contributed by atoms with Crippen molar-refractivity contribution < 1.29 is 9.90 Å². The minimum Gasteiger partial charge on any atom is -0.480 e. The molecular formula is C11H22N2O2. The van der Waals surface area contributed by atoms with Gasteiger partial charge in [0.25, 0.3) is 0 Å². The van der Waals surface area contributed by atoms with Crippen LogP contribution in [0.15, 0.2) is 0 Å². The van der Waals surface area contributed by atoms with Gasteiger partial charge in [0.1, 0.15) is 6.04 Å². The maximum Gasteiger partial charge on any atom is 0.320 e. The molecule has 0 spiro atoms. The number of nitrogens with zero attached hydrogens (tertiary/aromatic N) is 1. The molecule has 1 aliphatic heterocycles. The van der Waals surface area contributed by atoms with Crippen LogP contribution in [0.5, 0.6) is 0 Å². The van der Waals surface area contributed by atoms with Gasteiger partial charge in [-0.1, -0.05) is 13.8 Å². The molecule has 1 unspecified atom stereocenters. The summed E-state index contributed by atoms with van der Waals surface area (Å²) < 4.78 is 0. The van der Waals surface area contributed by atoms with Gasteiger partial charge in [0.15, 0.2) is 0 Å². The molecule has 0 aromatic rings. The molecule has 0 amide bonds. The van der Waals surface area contributed by atoms with Crippen LogP contribution in [0.2, 0.25) is 0 Å². The topological polar surface area (TPSA) is 52.6 Å². The summed E-state index contributed by atoms with van der Waals surface area (Å²) in [6.45, 7) is 7.80. The van der Waals surface area contributed by atoms with Gasteiger partial charge in [-0.2, -0.15) is 0 Å². The molecule has 0 aromatic heterocycles. The molecule has 0 aromatic carbocycles. The standard InChI is InChI=1S/C11H22N2O2/c1-9(2)3-4-10(11(14)15)13-7-5-12-6-8-13/h9-10,12H,3-8H2,1-2H3,(H,14,15). The third kappa shape index (κ3) is 4.18. The van der Waals surface area contributed by atoms with Crippen molar-refractivity contribution in [1.82, 2.24) is 10.2 Å². The number of carboxylic acids is 1. The lowest BCUT2D eigenvalue weighted by Crippen LogP contribution is -2.51. The summed E-state index contributed by atoms with van der Waals surface area (Å²) in [5.74, 6) is -0.0904. The van der Waals surface area contributed by atoms with Gasteiger partial charge in [0.05, 0.1) is 0 Å². The van der Waals surface area contributed by atoms with Crippen molar-refractivity contribution in [3.63, 3.8) is 0 Å². The second-order valence-corrected chi connectivity index (χ2v) is 4.61. The van der Waals surface area contributed by atoms with E-state index in [-0.39, 0.29) is 6.04 Å². The molecule has 1 aliphatic rings. The highest BCUT2D eigenvalue weighted by molar-refractivity contribution is 5.73. The van der Waals surface area contributed by atoms with Crippen molar-refractivity contribution in [3.05, 3.63) is 0 Å². The first-order chi connectivity index (χ1) is 7.11. The highest BCUT2D eigenvalue weighted by atomic mass is 16.4. The Morgan fingerprint density at radius 2 is 1.93 bits per heavy atom. The number of carboxylic acid groups (broad SMARTS) is 1. The van der Waals surface area contributed by atoms with Crippen LogP contribution >= 0.6 is 0 Å². The Bertz CT molecular complexity index is 201. The average molecular weight is 214 g/mol. The molecule has 4 heteroatoms. The molecule has 1 fully saturated rings. The molecular weight excluding hydrogens is 192 g/mol. The average Bonchev–Trinajstić information content (AvgIpc) is 2.18. The Balaban J connectivity index is 2.44. The van der Waals surface area contributed by atoms with Crippen molar-refractivity contribution in [2.24, 2.45) is 5.92 Å². The van der Waals surface area contributed by atoms with Crippen LogP contribution in [0.1, 0.15) is 26.7 Å². The number of hydrogen-bond acceptors (Lipinski definition) is 3. The van der Waals surface area contributed by atoms with E-state index < -0.39 is 5.97 Å². The summed E-state index contributed by atoms with van der Waals surface area (Å²) in [5, 5.41) is 12.4. The van der Waals surface area contributed by atoms with E-state index in [2.05, 4.69) is 24.1 Å². The summed E-state index contributed by atoms with van der Waals surface area (Å²) in [7, 11) is 0. The van der Waals surface area contributed by atoms with E-state index in [1.807, 2.05) is 0 Å². The van der Waals surface area contributed by atoms with E-state index in [1.165, 1.54) is 0 Å². The molecule has 1 atom stereocenters. The minimum absolute atomic E-state index is 0.283. The molecule has 0 saturated carbocycles. The van der Waals surface area contributed by atoms with Crippen molar-refractivity contribution in [2.45, 2.75) is 32.7 Å². The third-order valence-electron chi connectivity index (χ3n) is 2.89. The van der Waals surface area contributed by atoms with Gasteiger partial charge >= 0.3 is 5.97 Å². The van der Waals surface area contributed by atoms with Crippen LogP contribution in [-0.2, 0) is 4.79 Å². The summed E-state index contributed by atoms with van der Waals surface area (Å²) in [6, 6.07) is -0.283. The van der Waals surface area contributed by atoms with Gasteiger partial charge in [0.2, 0.25) is 0 Å². The van der Waals surface area contributed by atoms with E-state index in [0.29, 0.717) is 5.92 Å². The van der Waals surface area contributed by atoms with Gasteiger partial charge in [-0.05, 0) is 18.8 Å². The lowest BCUT2D eigenvalue weighted by molar-refractivity contribution is -0.144. The van der Waals surface area contributed by atoms with Crippen molar-refractivity contribution >= 4 is 5.97 Å². The Morgan fingerprint density at radius 3 is 2.40 bits per heavy atom. The second-order valence-electron chi connectivity index (χ2n) is 4.61. The number of rotatable bonds is 5. The first kappa shape index (κ1) is 12.5.